The van der Waals surface area contributed by atoms with Gasteiger partial charge in [-0.1, -0.05) is 30.3 Å². The number of nitrogens with zero attached hydrogens (tertiary/aromatic N) is 3. The van der Waals surface area contributed by atoms with E-state index in [1.165, 1.54) is 0 Å². The Hall–Kier alpha value is -3.61. The van der Waals surface area contributed by atoms with E-state index >= 15 is 0 Å². The normalized spacial score (nSPS) is 13.2. The van der Waals surface area contributed by atoms with E-state index in [9.17, 15) is 9.59 Å². The van der Waals surface area contributed by atoms with E-state index < -0.39 is 0 Å². The molecule has 32 heavy (non-hydrogen) atoms. The second-order valence-electron chi connectivity index (χ2n) is 7.90. The van der Waals surface area contributed by atoms with Crippen LogP contribution in [0.5, 0.6) is 5.75 Å². The molecule has 3 aromatic rings. The van der Waals surface area contributed by atoms with E-state index in [0.29, 0.717) is 30.8 Å². The lowest BCUT2D eigenvalue weighted by Crippen LogP contribution is -2.32. The minimum Gasteiger partial charge on any atom is -0.497 e. The van der Waals surface area contributed by atoms with Crippen LogP contribution in [0.1, 0.15) is 35.2 Å². The van der Waals surface area contributed by atoms with Crippen LogP contribution in [0.2, 0.25) is 0 Å². The van der Waals surface area contributed by atoms with Gasteiger partial charge in [0.1, 0.15) is 11.4 Å². The zero-order valence-electron chi connectivity index (χ0n) is 18.3. The maximum absolute atomic E-state index is 13.0. The van der Waals surface area contributed by atoms with Crippen molar-refractivity contribution in [1.29, 1.82) is 0 Å². The Morgan fingerprint density at radius 2 is 1.75 bits per heavy atom. The standard InChI is InChI=1S/C25H28N4O3/c1-32-21-11-9-20(10-12-21)24-22(18-29(27-24)17-19-7-3-2-4-8-19)25(31)26-14-13-23(30)28-15-5-6-16-28/h2-4,7-12,18H,5-6,13-17H2,1H3,(H,26,31). The zero-order valence-corrected chi connectivity index (χ0v) is 18.3. The number of nitrogens with one attached hydrogen (secondary N) is 1. The predicted molar refractivity (Wildman–Crippen MR) is 123 cm³/mol. The van der Waals surface area contributed by atoms with E-state index in [0.717, 1.165) is 42.8 Å². The number of hydrogen-bond acceptors (Lipinski definition) is 4. The highest BCUT2D eigenvalue weighted by molar-refractivity contribution is 6.00. The third kappa shape index (κ3) is 5.17. The Morgan fingerprint density at radius 1 is 1.03 bits per heavy atom. The molecule has 0 unspecified atom stereocenters. The van der Waals surface area contributed by atoms with Crippen molar-refractivity contribution in [1.82, 2.24) is 20.0 Å². The van der Waals surface area contributed by atoms with E-state index in [1.54, 1.807) is 18.0 Å². The van der Waals surface area contributed by atoms with Crippen molar-refractivity contribution in [2.75, 3.05) is 26.7 Å². The van der Waals surface area contributed by atoms with Gasteiger partial charge in [-0.05, 0) is 42.7 Å². The van der Waals surface area contributed by atoms with Gasteiger partial charge in [0.05, 0.1) is 19.2 Å². The van der Waals surface area contributed by atoms with Crippen molar-refractivity contribution in [2.24, 2.45) is 0 Å². The summed E-state index contributed by atoms with van der Waals surface area (Å²) < 4.78 is 7.02. The molecule has 7 nitrogen and oxygen atoms in total. The number of rotatable bonds is 8. The van der Waals surface area contributed by atoms with Gasteiger partial charge >= 0.3 is 0 Å². The monoisotopic (exact) mass is 432 g/mol. The highest BCUT2D eigenvalue weighted by Gasteiger charge is 2.20. The van der Waals surface area contributed by atoms with Gasteiger partial charge in [0, 0.05) is 37.8 Å². The van der Waals surface area contributed by atoms with Gasteiger partial charge in [0.15, 0.2) is 0 Å². The molecule has 2 aromatic carbocycles. The van der Waals surface area contributed by atoms with Crippen LogP contribution in [0.25, 0.3) is 11.3 Å². The maximum atomic E-state index is 13.0. The summed E-state index contributed by atoms with van der Waals surface area (Å²) in [4.78, 5) is 27.2. The number of methoxy groups -OCH3 is 1. The molecule has 0 radical (unpaired) electrons. The smallest absolute Gasteiger partial charge is 0.255 e. The van der Waals surface area contributed by atoms with Crippen molar-refractivity contribution in [3.8, 4) is 17.0 Å². The third-order valence-corrected chi connectivity index (χ3v) is 5.64. The number of carbonyl (C=O) groups excluding carboxylic acids is 2. The van der Waals surface area contributed by atoms with Crippen LogP contribution in [0.4, 0.5) is 0 Å². The van der Waals surface area contributed by atoms with Crippen molar-refractivity contribution in [3.63, 3.8) is 0 Å². The Morgan fingerprint density at radius 3 is 2.44 bits per heavy atom. The third-order valence-electron chi connectivity index (χ3n) is 5.64. The minimum atomic E-state index is -0.232. The van der Waals surface area contributed by atoms with E-state index in [4.69, 9.17) is 9.84 Å². The molecule has 7 heteroatoms. The van der Waals surface area contributed by atoms with E-state index in [-0.39, 0.29) is 11.8 Å². The Kier molecular flexibility index (Phi) is 6.84. The molecule has 2 heterocycles. The first-order valence-electron chi connectivity index (χ1n) is 11.0. The molecule has 1 aliphatic rings. The first kappa shape index (κ1) is 21.6. The molecular weight excluding hydrogens is 404 g/mol. The van der Waals surface area contributed by atoms with Gasteiger partial charge in [-0.25, -0.2) is 0 Å². The summed E-state index contributed by atoms with van der Waals surface area (Å²) in [5.74, 6) is 0.603. The van der Waals surface area contributed by atoms with Gasteiger partial charge in [-0.15, -0.1) is 0 Å². The maximum Gasteiger partial charge on any atom is 0.255 e. The van der Waals surface area contributed by atoms with Crippen LogP contribution in [0, 0.1) is 0 Å². The van der Waals surface area contributed by atoms with Crippen molar-refractivity contribution in [2.45, 2.75) is 25.8 Å². The molecule has 166 valence electrons. The molecule has 2 amide bonds. The van der Waals surface area contributed by atoms with Crippen molar-refractivity contribution >= 4 is 11.8 Å². The number of hydrogen-bond donors (Lipinski definition) is 1. The first-order valence-corrected chi connectivity index (χ1v) is 11.0. The molecule has 0 atom stereocenters. The van der Waals surface area contributed by atoms with E-state index in [1.807, 2.05) is 59.5 Å². The number of carbonyl (C=O) groups is 2. The SMILES string of the molecule is COc1ccc(-c2nn(Cc3ccccc3)cc2C(=O)NCCC(=O)N2CCCC2)cc1. The summed E-state index contributed by atoms with van der Waals surface area (Å²) in [6, 6.07) is 17.5. The lowest BCUT2D eigenvalue weighted by Gasteiger charge is -2.15. The molecule has 1 saturated heterocycles. The summed E-state index contributed by atoms with van der Waals surface area (Å²) in [5, 5.41) is 7.60. The second kappa shape index (κ2) is 10.1. The summed E-state index contributed by atoms with van der Waals surface area (Å²) >= 11 is 0. The minimum absolute atomic E-state index is 0.0953. The average Bonchev–Trinajstić information content (AvgIpc) is 3.50. The summed E-state index contributed by atoms with van der Waals surface area (Å²) in [5.41, 5.74) is 3.02. The van der Waals surface area contributed by atoms with E-state index in [2.05, 4.69) is 5.32 Å². The average molecular weight is 433 g/mol. The van der Waals surface area contributed by atoms with Gasteiger partial charge in [0.2, 0.25) is 5.91 Å². The van der Waals surface area contributed by atoms with Crippen LogP contribution < -0.4 is 10.1 Å². The number of amides is 2. The number of likely N-dealkylation sites (tertiary alicyclic amines) is 1. The van der Waals surface area contributed by atoms with Gasteiger partial charge in [0.25, 0.3) is 5.91 Å². The highest BCUT2D eigenvalue weighted by atomic mass is 16.5. The van der Waals surface area contributed by atoms with Crippen LogP contribution in [-0.4, -0.2) is 53.2 Å². The first-order chi connectivity index (χ1) is 15.6. The lowest BCUT2D eigenvalue weighted by atomic mass is 10.1. The fourth-order valence-corrected chi connectivity index (χ4v) is 3.90. The van der Waals surface area contributed by atoms with Crippen LogP contribution in [-0.2, 0) is 11.3 Å². The Labute approximate surface area is 188 Å². The van der Waals surface area contributed by atoms with Crippen molar-refractivity contribution < 1.29 is 14.3 Å². The van der Waals surface area contributed by atoms with Crippen LogP contribution in [0.3, 0.4) is 0 Å². The predicted octanol–water partition coefficient (Wildman–Crippen LogP) is 3.35. The summed E-state index contributed by atoms with van der Waals surface area (Å²) in [6.07, 6.45) is 4.19. The van der Waals surface area contributed by atoms with Gasteiger partial charge in [-0.2, -0.15) is 5.10 Å². The lowest BCUT2D eigenvalue weighted by molar-refractivity contribution is -0.129. The topological polar surface area (TPSA) is 76.5 Å². The molecule has 1 fully saturated rings. The molecule has 0 bridgehead atoms. The molecule has 1 aliphatic heterocycles. The number of benzene rings is 2. The van der Waals surface area contributed by atoms with Crippen molar-refractivity contribution in [3.05, 3.63) is 71.9 Å². The van der Waals surface area contributed by atoms with Crippen LogP contribution >= 0.6 is 0 Å². The summed E-state index contributed by atoms with van der Waals surface area (Å²) in [6.45, 7) is 2.51. The molecule has 0 spiro atoms. The number of aromatic nitrogens is 2. The quantitative estimate of drug-likeness (QED) is 0.592. The zero-order chi connectivity index (χ0) is 22.3. The molecular formula is C25H28N4O3. The molecule has 0 saturated carbocycles. The summed E-state index contributed by atoms with van der Waals surface area (Å²) in [7, 11) is 1.62. The Balaban J connectivity index is 1.51. The molecule has 1 aromatic heterocycles. The number of ether oxygens (including phenoxy) is 1. The largest absolute Gasteiger partial charge is 0.497 e. The molecule has 0 aliphatic carbocycles. The molecule has 4 rings (SSSR count). The fourth-order valence-electron chi connectivity index (χ4n) is 3.90. The highest BCUT2D eigenvalue weighted by Crippen LogP contribution is 2.25. The second-order valence-corrected chi connectivity index (χ2v) is 7.90. The van der Waals surface area contributed by atoms with Gasteiger partial charge in [-0.3, -0.25) is 14.3 Å². The fraction of sp³-hybridized carbons (Fsp3) is 0.320. The van der Waals surface area contributed by atoms with Gasteiger partial charge < -0.3 is 15.0 Å². The van der Waals surface area contributed by atoms with Crippen LogP contribution in [0.15, 0.2) is 60.8 Å². The molecule has 1 N–H and O–H groups in total. The Bertz CT molecular complexity index is 1050.